The van der Waals surface area contributed by atoms with Gasteiger partial charge in [0.1, 0.15) is 13.2 Å². The van der Waals surface area contributed by atoms with Crippen molar-refractivity contribution < 1.29 is 14.3 Å². The lowest BCUT2D eigenvalue weighted by atomic mass is 9.99. The van der Waals surface area contributed by atoms with Crippen LogP contribution in [0.2, 0.25) is 0 Å². The number of nitrogens with zero attached hydrogens (tertiary/aromatic N) is 1. The number of benzene rings is 1. The first-order chi connectivity index (χ1) is 11.8. The van der Waals surface area contributed by atoms with Crippen LogP contribution in [-0.2, 0) is 0 Å². The van der Waals surface area contributed by atoms with E-state index in [1.165, 1.54) is 23.3 Å². The van der Waals surface area contributed by atoms with Gasteiger partial charge in [-0.2, -0.15) is 0 Å². The van der Waals surface area contributed by atoms with Crippen molar-refractivity contribution >= 4 is 17.1 Å². The zero-order valence-electron chi connectivity index (χ0n) is 13.6. The number of hydrogen-bond acceptors (Lipinski definition) is 5. The molecule has 0 saturated carbocycles. The number of ether oxygens (including phenoxy) is 2. The standard InChI is InChI=1S/C19H21NO3S/c21-16(18-12-17-19(24-18)23-11-10-22-17)7-9-20-8-6-15(13-20)14-4-2-1-3-5-14/h1-5,12,15H,6-11,13H2. The highest BCUT2D eigenvalue weighted by atomic mass is 32.1. The van der Waals surface area contributed by atoms with Crippen LogP contribution >= 0.6 is 11.3 Å². The highest BCUT2D eigenvalue weighted by Gasteiger charge is 2.25. The van der Waals surface area contributed by atoms with Gasteiger partial charge in [-0.05, 0) is 24.4 Å². The zero-order valence-corrected chi connectivity index (χ0v) is 14.4. The van der Waals surface area contributed by atoms with E-state index in [2.05, 4.69) is 35.2 Å². The van der Waals surface area contributed by atoms with Gasteiger partial charge in [0, 0.05) is 25.6 Å². The molecule has 1 unspecified atom stereocenters. The molecule has 1 saturated heterocycles. The molecule has 0 N–H and O–H groups in total. The van der Waals surface area contributed by atoms with E-state index in [-0.39, 0.29) is 5.78 Å². The van der Waals surface area contributed by atoms with Crippen LogP contribution in [-0.4, -0.2) is 43.5 Å². The van der Waals surface area contributed by atoms with Gasteiger partial charge in [-0.15, -0.1) is 0 Å². The molecule has 2 aromatic rings. The van der Waals surface area contributed by atoms with Crippen LogP contribution in [0.15, 0.2) is 36.4 Å². The Hall–Kier alpha value is -1.85. The molecule has 3 heterocycles. The molecule has 1 aromatic carbocycles. The lowest BCUT2D eigenvalue weighted by Crippen LogP contribution is -2.23. The van der Waals surface area contributed by atoms with Crippen molar-refractivity contribution in [1.29, 1.82) is 0 Å². The maximum atomic E-state index is 12.4. The van der Waals surface area contributed by atoms with Gasteiger partial charge < -0.3 is 14.4 Å². The minimum Gasteiger partial charge on any atom is -0.485 e. The second-order valence-electron chi connectivity index (χ2n) is 6.33. The quantitative estimate of drug-likeness (QED) is 0.778. The Morgan fingerprint density at radius 3 is 2.88 bits per heavy atom. The molecular formula is C19H21NO3S. The molecule has 0 radical (unpaired) electrons. The van der Waals surface area contributed by atoms with Crippen molar-refractivity contribution in [3.63, 3.8) is 0 Å². The fraction of sp³-hybridized carbons (Fsp3) is 0.421. The van der Waals surface area contributed by atoms with E-state index < -0.39 is 0 Å². The minimum absolute atomic E-state index is 0.185. The van der Waals surface area contributed by atoms with Crippen LogP contribution < -0.4 is 9.47 Å². The lowest BCUT2D eigenvalue weighted by molar-refractivity contribution is 0.0972. The molecule has 0 aliphatic carbocycles. The SMILES string of the molecule is O=C(CCN1CCC(c2ccccc2)C1)c1cc2c(s1)OCCO2. The largest absolute Gasteiger partial charge is 0.485 e. The van der Waals surface area contributed by atoms with Gasteiger partial charge in [0.15, 0.2) is 11.5 Å². The predicted molar refractivity (Wildman–Crippen MR) is 94.5 cm³/mol. The monoisotopic (exact) mass is 343 g/mol. The van der Waals surface area contributed by atoms with Crippen molar-refractivity contribution in [1.82, 2.24) is 4.90 Å². The van der Waals surface area contributed by atoms with Crippen LogP contribution in [0.5, 0.6) is 10.8 Å². The Balaban J connectivity index is 1.31. The van der Waals surface area contributed by atoms with Crippen molar-refractivity contribution in [2.24, 2.45) is 0 Å². The summed E-state index contributed by atoms with van der Waals surface area (Å²) in [5, 5.41) is 0.745. The van der Waals surface area contributed by atoms with Gasteiger partial charge in [0.05, 0.1) is 4.88 Å². The molecule has 5 heteroatoms. The maximum Gasteiger partial charge on any atom is 0.217 e. The molecule has 126 valence electrons. The first-order valence-corrected chi connectivity index (χ1v) is 9.31. The topological polar surface area (TPSA) is 38.8 Å². The molecule has 1 fully saturated rings. The number of fused-ring (bicyclic) bond motifs is 1. The van der Waals surface area contributed by atoms with E-state index in [4.69, 9.17) is 9.47 Å². The fourth-order valence-electron chi connectivity index (χ4n) is 3.40. The number of likely N-dealkylation sites (tertiary alicyclic amines) is 1. The zero-order chi connectivity index (χ0) is 16.4. The predicted octanol–water partition coefficient (Wildman–Crippen LogP) is 3.58. The summed E-state index contributed by atoms with van der Waals surface area (Å²) in [6, 6.07) is 12.5. The normalized spacial score (nSPS) is 20.2. The van der Waals surface area contributed by atoms with E-state index in [0.29, 0.717) is 25.6 Å². The van der Waals surface area contributed by atoms with Crippen molar-refractivity contribution in [2.75, 3.05) is 32.8 Å². The number of rotatable bonds is 5. The summed E-state index contributed by atoms with van der Waals surface area (Å²) in [7, 11) is 0. The van der Waals surface area contributed by atoms with Gasteiger partial charge in [0.25, 0.3) is 0 Å². The fourth-order valence-corrected chi connectivity index (χ4v) is 4.34. The lowest BCUT2D eigenvalue weighted by Gasteiger charge is -2.15. The first kappa shape index (κ1) is 15.7. The summed E-state index contributed by atoms with van der Waals surface area (Å²) in [5.41, 5.74) is 1.41. The molecule has 1 atom stereocenters. The summed E-state index contributed by atoms with van der Waals surface area (Å²) in [4.78, 5) is 15.6. The molecule has 24 heavy (non-hydrogen) atoms. The Labute approximate surface area is 146 Å². The van der Waals surface area contributed by atoms with E-state index in [1.54, 1.807) is 0 Å². The summed E-state index contributed by atoms with van der Waals surface area (Å²) < 4.78 is 11.0. The number of carbonyl (C=O) groups excluding carboxylic acids is 1. The minimum atomic E-state index is 0.185. The third-order valence-electron chi connectivity index (χ3n) is 4.71. The second-order valence-corrected chi connectivity index (χ2v) is 7.34. The van der Waals surface area contributed by atoms with E-state index in [1.807, 2.05) is 6.07 Å². The third kappa shape index (κ3) is 3.32. The highest BCUT2D eigenvalue weighted by Crippen LogP contribution is 2.39. The average molecular weight is 343 g/mol. The van der Waals surface area contributed by atoms with E-state index >= 15 is 0 Å². The van der Waals surface area contributed by atoms with Crippen molar-refractivity contribution in [2.45, 2.75) is 18.8 Å². The molecule has 2 aliphatic heterocycles. The van der Waals surface area contributed by atoms with Crippen LogP contribution in [0.4, 0.5) is 0 Å². The smallest absolute Gasteiger partial charge is 0.217 e. The number of hydrogen-bond donors (Lipinski definition) is 0. The number of thiophene rings is 1. The summed E-state index contributed by atoms with van der Waals surface area (Å²) >= 11 is 1.41. The maximum absolute atomic E-state index is 12.4. The molecule has 0 bridgehead atoms. The molecule has 4 nitrogen and oxygen atoms in total. The number of Topliss-reactive ketones (excluding diaryl/α,β-unsaturated/α-hetero) is 1. The summed E-state index contributed by atoms with van der Waals surface area (Å²) in [6.45, 7) is 4.07. The number of ketones is 1. The van der Waals surface area contributed by atoms with Gasteiger partial charge in [-0.3, -0.25) is 4.79 Å². The molecule has 1 aromatic heterocycles. The van der Waals surface area contributed by atoms with Crippen LogP contribution in [0.3, 0.4) is 0 Å². The average Bonchev–Trinajstić information content (AvgIpc) is 3.27. The van der Waals surface area contributed by atoms with Crippen LogP contribution in [0, 0.1) is 0 Å². The number of carbonyl (C=O) groups is 1. The Morgan fingerprint density at radius 1 is 1.21 bits per heavy atom. The van der Waals surface area contributed by atoms with Crippen molar-refractivity contribution in [3.8, 4) is 10.8 Å². The Kier molecular flexibility index (Phi) is 4.54. The summed E-state index contributed by atoms with van der Waals surface area (Å²) in [5.74, 6) is 1.50. The first-order valence-electron chi connectivity index (χ1n) is 8.49. The Morgan fingerprint density at radius 2 is 2.04 bits per heavy atom. The van der Waals surface area contributed by atoms with E-state index in [9.17, 15) is 4.79 Å². The molecule has 0 spiro atoms. The second kappa shape index (κ2) is 6.95. The van der Waals surface area contributed by atoms with Crippen LogP contribution in [0.25, 0.3) is 0 Å². The third-order valence-corrected chi connectivity index (χ3v) is 5.78. The molecule has 4 rings (SSSR count). The van der Waals surface area contributed by atoms with Gasteiger partial charge in [-0.25, -0.2) is 0 Å². The van der Waals surface area contributed by atoms with Gasteiger partial charge >= 0.3 is 0 Å². The molecule has 2 aliphatic rings. The van der Waals surface area contributed by atoms with Gasteiger partial charge in [-0.1, -0.05) is 41.7 Å². The van der Waals surface area contributed by atoms with Crippen LogP contribution in [0.1, 0.15) is 34.0 Å². The van der Waals surface area contributed by atoms with E-state index in [0.717, 1.165) is 35.3 Å². The van der Waals surface area contributed by atoms with Crippen molar-refractivity contribution in [3.05, 3.63) is 46.8 Å². The summed E-state index contributed by atoms with van der Waals surface area (Å²) in [6.07, 6.45) is 1.73. The molecule has 0 amide bonds. The highest BCUT2D eigenvalue weighted by molar-refractivity contribution is 7.16. The Bertz CT molecular complexity index is 689. The molecular weight excluding hydrogens is 322 g/mol. The van der Waals surface area contributed by atoms with Gasteiger partial charge in [0.2, 0.25) is 5.06 Å².